The summed E-state index contributed by atoms with van der Waals surface area (Å²) in [6.07, 6.45) is 3.79. The van der Waals surface area contributed by atoms with E-state index in [-0.39, 0.29) is 12.1 Å². The molecule has 2 amide bonds. The van der Waals surface area contributed by atoms with Crippen LogP contribution >= 0.6 is 11.6 Å². The summed E-state index contributed by atoms with van der Waals surface area (Å²) in [5.74, 6) is 0.898. The van der Waals surface area contributed by atoms with E-state index in [4.69, 9.17) is 16.6 Å². The number of fused-ring (bicyclic) bond motifs is 1. The number of hydrogen-bond acceptors (Lipinski definition) is 4. The van der Waals surface area contributed by atoms with Crippen molar-refractivity contribution in [2.24, 2.45) is 0 Å². The summed E-state index contributed by atoms with van der Waals surface area (Å²) in [6.45, 7) is 0. The predicted octanol–water partition coefficient (Wildman–Crippen LogP) is 5.50. The first-order valence-electron chi connectivity index (χ1n) is 10.7. The maximum absolute atomic E-state index is 12.3. The van der Waals surface area contributed by atoms with Crippen LogP contribution in [-0.4, -0.2) is 37.2 Å². The molecule has 3 N–H and O–H groups in total. The number of halogens is 1. The van der Waals surface area contributed by atoms with Crippen LogP contribution in [0.25, 0.3) is 10.9 Å². The number of rotatable bonds is 5. The molecule has 1 aromatic heterocycles. The number of para-hydroxylation sites is 2. The molecule has 7 heteroatoms. The fourth-order valence-electron chi connectivity index (χ4n) is 4.10. The van der Waals surface area contributed by atoms with Crippen LogP contribution in [0.2, 0.25) is 5.02 Å². The fourth-order valence-corrected chi connectivity index (χ4v) is 4.28. The van der Waals surface area contributed by atoms with Crippen molar-refractivity contribution in [2.75, 3.05) is 29.6 Å². The van der Waals surface area contributed by atoms with Crippen LogP contribution in [-0.2, 0) is 0 Å². The Morgan fingerprint density at radius 2 is 1.68 bits per heavy atom. The van der Waals surface area contributed by atoms with Crippen molar-refractivity contribution in [1.29, 1.82) is 0 Å². The number of benzene rings is 2. The third-order valence-corrected chi connectivity index (χ3v) is 6.04. The van der Waals surface area contributed by atoms with E-state index in [9.17, 15) is 4.79 Å². The number of anilines is 3. The first-order chi connectivity index (χ1) is 15.0. The molecule has 0 atom stereocenters. The van der Waals surface area contributed by atoms with E-state index in [0.29, 0.717) is 16.8 Å². The van der Waals surface area contributed by atoms with Crippen LogP contribution in [0.3, 0.4) is 0 Å². The Bertz CT molecular complexity index is 1060. The molecule has 0 saturated heterocycles. The third kappa shape index (κ3) is 5.20. The second-order valence-corrected chi connectivity index (χ2v) is 8.62. The van der Waals surface area contributed by atoms with Crippen LogP contribution in [0, 0.1) is 0 Å². The molecular weight excluding hydrogens is 410 g/mol. The van der Waals surface area contributed by atoms with Gasteiger partial charge in [-0.05, 0) is 43.9 Å². The van der Waals surface area contributed by atoms with Crippen molar-refractivity contribution in [1.82, 2.24) is 10.3 Å². The molecule has 1 aliphatic carbocycles. The van der Waals surface area contributed by atoms with Crippen molar-refractivity contribution >= 4 is 45.7 Å². The minimum atomic E-state index is -0.212. The Labute approximate surface area is 188 Å². The number of carbonyl (C=O) groups excluding carboxylic acids is 1. The van der Waals surface area contributed by atoms with E-state index in [2.05, 4.69) is 47.1 Å². The maximum atomic E-state index is 12.3. The van der Waals surface area contributed by atoms with Gasteiger partial charge in [0.1, 0.15) is 5.82 Å². The summed E-state index contributed by atoms with van der Waals surface area (Å²) in [6, 6.07) is 17.8. The highest BCUT2D eigenvalue weighted by Gasteiger charge is 2.23. The van der Waals surface area contributed by atoms with E-state index < -0.39 is 0 Å². The lowest BCUT2D eigenvalue weighted by molar-refractivity contribution is 0.243. The molecule has 1 saturated carbocycles. The third-order valence-electron chi connectivity index (χ3n) is 5.71. The van der Waals surface area contributed by atoms with Crippen LogP contribution in [0.5, 0.6) is 0 Å². The van der Waals surface area contributed by atoms with Gasteiger partial charge in [0, 0.05) is 43.3 Å². The van der Waals surface area contributed by atoms with E-state index in [1.165, 1.54) is 0 Å². The largest absolute Gasteiger partial charge is 0.377 e. The van der Waals surface area contributed by atoms with Gasteiger partial charge in [-0.25, -0.2) is 9.78 Å². The molecular formula is C24H28ClN5O. The first kappa shape index (κ1) is 21.2. The summed E-state index contributed by atoms with van der Waals surface area (Å²) in [5, 5.41) is 11.2. The zero-order valence-electron chi connectivity index (χ0n) is 17.9. The first-order valence-corrected chi connectivity index (χ1v) is 11.0. The van der Waals surface area contributed by atoms with E-state index in [1.807, 2.05) is 30.3 Å². The predicted molar refractivity (Wildman–Crippen MR) is 129 cm³/mol. The van der Waals surface area contributed by atoms with E-state index >= 15 is 0 Å². The summed E-state index contributed by atoms with van der Waals surface area (Å²) < 4.78 is 0. The summed E-state index contributed by atoms with van der Waals surface area (Å²) in [7, 11) is 4.10. The van der Waals surface area contributed by atoms with E-state index in [0.717, 1.165) is 48.1 Å². The zero-order chi connectivity index (χ0) is 21.8. The SMILES string of the molecule is CN(C)c1cc(NC2CCC(NC(=O)Nc3ccccc3Cl)CC2)nc2ccccc12. The Balaban J connectivity index is 1.33. The number of pyridine rings is 1. The van der Waals surface area contributed by atoms with Gasteiger partial charge >= 0.3 is 6.03 Å². The molecule has 162 valence electrons. The van der Waals surface area contributed by atoms with Gasteiger partial charge in [-0.2, -0.15) is 0 Å². The summed E-state index contributed by atoms with van der Waals surface area (Å²) >= 11 is 6.11. The molecule has 3 aromatic rings. The van der Waals surface area contributed by atoms with Gasteiger partial charge in [0.15, 0.2) is 0 Å². The number of amides is 2. The fraction of sp³-hybridized carbons (Fsp3) is 0.333. The van der Waals surface area contributed by atoms with Gasteiger partial charge in [-0.1, -0.05) is 41.9 Å². The molecule has 1 heterocycles. The van der Waals surface area contributed by atoms with Crippen molar-refractivity contribution < 1.29 is 4.79 Å². The van der Waals surface area contributed by atoms with Gasteiger partial charge < -0.3 is 20.9 Å². The molecule has 0 bridgehead atoms. The average molecular weight is 438 g/mol. The second-order valence-electron chi connectivity index (χ2n) is 8.21. The molecule has 31 heavy (non-hydrogen) atoms. The van der Waals surface area contributed by atoms with E-state index in [1.54, 1.807) is 12.1 Å². The normalized spacial score (nSPS) is 18.4. The van der Waals surface area contributed by atoms with Gasteiger partial charge in [0.25, 0.3) is 0 Å². The number of hydrogen-bond donors (Lipinski definition) is 3. The molecule has 2 aromatic carbocycles. The number of urea groups is 1. The monoisotopic (exact) mass is 437 g/mol. The van der Waals surface area contributed by atoms with Crippen LogP contribution < -0.4 is 20.9 Å². The smallest absolute Gasteiger partial charge is 0.319 e. The lowest BCUT2D eigenvalue weighted by atomic mass is 9.91. The molecule has 0 aliphatic heterocycles. The average Bonchev–Trinajstić information content (AvgIpc) is 2.76. The summed E-state index contributed by atoms with van der Waals surface area (Å²) in [5.41, 5.74) is 2.76. The Hall–Kier alpha value is -2.99. The molecule has 0 spiro atoms. The minimum absolute atomic E-state index is 0.155. The molecule has 4 rings (SSSR count). The zero-order valence-corrected chi connectivity index (χ0v) is 18.6. The molecule has 0 unspecified atom stereocenters. The van der Waals surface area contributed by atoms with Crippen molar-refractivity contribution in [2.45, 2.75) is 37.8 Å². The van der Waals surface area contributed by atoms with Crippen LogP contribution in [0.4, 0.5) is 22.0 Å². The standard InChI is InChI=1S/C24H28ClN5O/c1-30(2)22-15-23(28-20-9-5-3-7-18(20)22)26-16-11-13-17(14-12-16)27-24(31)29-21-10-6-4-8-19(21)25/h3-10,15-17H,11-14H2,1-2H3,(H,26,28)(H2,27,29,31). The number of nitrogens with zero attached hydrogens (tertiary/aromatic N) is 2. The highest BCUT2D eigenvalue weighted by Crippen LogP contribution is 2.29. The highest BCUT2D eigenvalue weighted by molar-refractivity contribution is 6.33. The van der Waals surface area contributed by atoms with Crippen LogP contribution in [0.15, 0.2) is 54.6 Å². The Morgan fingerprint density at radius 3 is 2.42 bits per heavy atom. The Morgan fingerprint density at radius 1 is 1.00 bits per heavy atom. The van der Waals surface area contributed by atoms with Gasteiger partial charge in [-0.3, -0.25) is 0 Å². The minimum Gasteiger partial charge on any atom is -0.377 e. The molecule has 6 nitrogen and oxygen atoms in total. The van der Waals surface area contributed by atoms with Gasteiger partial charge in [-0.15, -0.1) is 0 Å². The Kier molecular flexibility index (Phi) is 6.47. The lowest BCUT2D eigenvalue weighted by Gasteiger charge is -2.30. The molecule has 0 radical (unpaired) electrons. The van der Waals surface area contributed by atoms with Crippen molar-refractivity contribution in [3.63, 3.8) is 0 Å². The molecule has 1 aliphatic rings. The quantitative estimate of drug-likeness (QED) is 0.493. The molecule has 1 fully saturated rings. The topological polar surface area (TPSA) is 69.3 Å². The summed E-state index contributed by atoms with van der Waals surface area (Å²) in [4.78, 5) is 19.2. The number of carbonyl (C=O) groups is 1. The van der Waals surface area contributed by atoms with Crippen molar-refractivity contribution in [3.8, 4) is 0 Å². The van der Waals surface area contributed by atoms with Gasteiger partial charge in [0.2, 0.25) is 0 Å². The number of aromatic nitrogens is 1. The highest BCUT2D eigenvalue weighted by atomic mass is 35.5. The van der Waals surface area contributed by atoms with Gasteiger partial charge in [0.05, 0.1) is 16.2 Å². The maximum Gasteiger partial charge on any atom is 0.319 e. The van der Waals surface area contributed by atoms with Crippen LogP contribution in [0.1, 0.15) is 25.7 Å². The lowest BCUT2D eigenvalue weighted by Crippen LogP contribution is -2.42. The number of nitrogens with one attached hydrogen (secondary N) is 3. The van der Waals surface area contributed by atoms with Crippen molar-refractivity contribution in [3.05, 3.63) is 59.6 Å². The second kappa shape index (κ2) is 9.43.